The maximum Gasteiger partial charge on any atom is 0.0217 e. The van der Waals surface area contributed by atoms with Crippen molar-refractivity contribution in [2.24, 2.45) is 0 Å². The second-order valence-corrected chi connectivity index (χ2v) is 1.94. The smallest absolute Gasteiger partial charge is 0.0217 e. The highest BCUT2D eigenvalue weighted by molar-refractivity contribution is 7.86. The Morgan fingerprint density at radius 3 is 2.33 bits per heavy atom. The Morgan fingerprint density at radius 1 is 1.83 bits per heavy atom. The molecule has 0 spiro atoms. The van der Waals surface area contributed by atoms with Gasteiger partial charge in [0.05, 0.1) is 0 Å². The molecule has 0 saturated heterocycles. The summed E-state index contributed by atoms with van der Waals surface area (Å²) in [7, 11) is 0. The molecule has 0 rings (SSSR count). The SMILES string of the molecule is CCC(=S)CS. The summed E-state index contributed by atoms with van der Waals surface area (Å²) < 4.78 is 0. The van der Waals surface area contributed by atoms with Crippen LogP contribution in [0.1, 0.15) is 13.3 Å². The van der Waals surface area contributed by atoms with Gasteiger partial charge < -0.3 is 0 Å². The number of hydrogen-bond acceptors (Lipinski definition) is 2. The van der Waals surface area contributed by atoms with E-state index in [-0.39, 0.29) is 0 Å². The van der Waals surface area contributed by atoms with E-state index in [1.165, 1.54) is 0 Å². The summed E-state index contributed by atoms with van der Waals surface area (Å²) in [6.45, 7) is 2.04. The lowest BCUT2D eigenvalue weighted by molar-refractivity contribution is 1.31. The standard InChI is InChI=1S/C4H8S2/c1-2-4(6)3-5/h5H,2-3H2,1H3. The molecule has 0 unspecified atom stereocenters. The summed E-state index contributed by atoms with van der Waals surface area (Å²) in [5, 5.41) is 0. The van der Waals surface area contributed by atoms with Gasteiger partial charge >= 0.3 is 0 Å². The van der Waals surface area contributed by atoms with E-state index in [0.29, 0.717) is 0 Å². The van der Waals surface area contributed by atoms with Gasteiger partial charge in [0.25, 0.3) is 0 Å². The predicted octanol–water partition coefficient (Wildman–Crippen LogP) is 1.70. The van der Waals surface area contributed by atoms with Crippen molar-refractivity contribution in [1.82, 2.24) is 0 Å². The highest BCUT2D eigenvalue weighted by atomic mass is 32.1. The van der Waals surface area contributed by atoms with Crippen LogP contribution in [0.25, 0.3) is 0 Å². The molecule has 0 aliphatic carbocycles. The first-order valence-corrected chi connectivity index (χ1v) is 2.98. The van der Waals surface area contributed by atoms with Crippen LogP contribution in [0.2, 0.25) is 0 Å². The molecule has 0 N–H and O–H groups in total. The van der Waals surface area contributed by atoms with E-state index in [4.69, 9.17) is 12.2 Å². The molecule has 0 heterocycles. The molecule has 0 saturated carbocycles. The lowest BCUT2D eigenvalue weighted by atomic mass is 10.4. The van der Waals surface area contributed by atoms with Crippen LogP contribution in [0, 0.1) is 0 Å². The Hall–Kier alpha value is 0.440. The van der Waals surface area contributed by atoms with E-state index < -0.39 is 0 Å². The molecule has 0 aromatic carbocycles. The van der Waals surface area contributed by atoms with Gasteiger partial charge in [-0.25, -0.2) is 0 Å². The van der Waals surface area contributed by atoms with E-state index >= 15 is 0 Å². The Balaban J connectivity index is 2.99. The maximum absolute atomic E-state index is 4.78. The minimum absolute atomic E-state index is 0.756. The quantitative estimate of drug-likeness (QED) is 0.427. The summed E-state index contributed by atoms with van der Waals surface area (Å²) >= 11 is 8.73. The molecule has 0 atom stereocenters. The predicted molar refractivity (Wildman–Crippen MR) is 36.7 cm³/mol. The van der Waals surface area contributed by atoms with Gasteiger partial charge in [0.1, 0.15) is 0 Å². The molecule has 2 heteroatoms. The van der Waals surface area contributed by atoms with Crippen LogP contribution < -0.4 is 0 Å². The number of thiocarbonyl (C=S) groups is 1. The van der Waals surface area contributed by atoms with E-state index in [2.05, 4.69) is 12.6 Å². The van der Waals surface area contributed by atoms with Gasteiger partial charge in [0, 0.05) is 10.6 Å². The second kappa shape index (κ2) is 3.62. The Kier molecular flexibility index (Phi) is 3.89. The Morgan fingerprint density at radius 2 is 2.33 bits per heavy atom. The summed E-state index contributed by atoms with van der Waals surface area (Å²) in [6, 6.07) is 0. The van der Waals surface area contributed by atoms with Crippen molar-refractivity contribution in [2.45, 2.75) is 13.3 Å². The van der Waals surface area contributed by atoms with Crippen molar-refractivity contribution in [3.05, 3.63) is 0 Å². The van der Waals surface area contributed by atoms with Gasteiger partial charge in [-0.3, -0.25) is 0 Å². The van der Waals surface area contributed by atoms with Crippen LogP contribution in [-0.2, 0) is 0 Å². The zero-order valence-corrected chi connectivity index (χ0v) is 5.48. The van der Waals surface area contributed by atoms with Gasteiger partial charge in [0.15, 0.2) is 0 Å². The van der Waals surface area contributed by atoms with E-state index in [9.17, 15) is 0 Å². The minimum Gasteiger partial charge on any atom is -0.174 e. The molecule has 0 aromatic heterocycles. The van der Waals surface area contributed by atoms with Crippen LogP contribution in [-0.4, -0.2) is 10.6 Å². The molecule has 6 heavy (non-hydrogen) atoms. The fraction of sp³-hybridized carbons (Fsp3) is 0.750. The normalized spacial score (nSPS) is 8.33. The molecule has 0 aliphatic rings. The van der Waals surface area contributed by atoms with Crippen LogP contribution in [0.4, 0.5) is 0 Å². The topological polar surface area (TPSA) is 0 Å². The molecule has 0 radical (unpaired) electrons. The van der Waals surface area contributed by atoms with Crippen molar-refractivity contribution in [2.75, 3.05) is 5.75 Å². The van der Waals surface area contributed by atoms with Gasteiger partial charge in [0.2, 0.25) is 0 Å². The fourth-order valence-electron chi connectivity index (χ4n) is 0.112. The van der Waals surface area contributed by atoms with Crippen molar-refractivity contribution in [1.29, 1.82) is 0 Å². The number of rotatable bonds is 2. The average molecular weight is 120 g/mol. The molecule has 0 aliphatic heterocycles. The third-order valence-corrected chi connectivity index (χ3v) is 1.60. The zero-order chi connectivity index (χ0) is 4.99. The third kappa shape index (κ3) is 2.67. The van der Waals surface area contributed by atoms with Gasteiger partial charge in [-0.05, 0) is 6.42 Å². The van der Waals surface area contributed by atoms with Crippen molar-refractivity contribution in [3.8, 4) is 0 Å². The molecular weight excluding hydrogens is 112 g/mol. The first-order chi connectivity index (χ1) is 2.81. The van der Waals surface area contributed by atoms with E-state index in [1.54, 1.807) is 0 Å². The van der Waals surface area contributed by atoms with Crippen molar-refractivity contribution >= 4 is 29.7 Å². The molecule has 0 nitrogen and oxygen atoms in total. The summed E-state index contributed by atoms with van der Waals surface area (Å²) in [6.07, 6.45) is 0.985. The zero-order valence-electron chi connectivity index (χ0n) is 3.77. The summed E-state index contributed by atoms with van der Waals surface area (Å²) in [4.78, 5) is 1.04. The monoisotopic (exact) mass is 120 g/mol. The molecule has 0 aromatic rings. The highest BCUT2D eigenvalue weighted by Gasteiger charge is 1.81. The van der Waals surface area contributed by atoms with Crippen LogP contribution in [0.3, 0.4) is 0 Å². The minimum atomic E-state index is 0.756. The molecule has 0 bridgehead atoms. The lowest BCUT2D eigenvalue weighted by Gasteiger charge is -1.85. The highest BCUT2D eigenvalue weighted by Crippen LogP contribution is 1.85. The molecular formula is C4H8S2. The summed E-state index contributed by atoms with van der Waals surface area (Å²) in [5.74, 6) is 0.756. The molecule has 36 valence electrons. The first-order valence-electron chi connectivity index (χ1n) is 1.93. The first kappa shape index (κ1) is 6.44. The third-order valence-electron chi connectivity index (χ3n) is 0.571. The summed E-state index contributed by atoms with van der Waals surface area (Å²) in [5.41, 5.74) is 0. The van der Waals surface area contributed by atoms with Gasteiger partial charge in [-0.15, -0.1) is 0 Å². The Labute approximate surface area is 49.3 Å². The lowest BCUT2D eigenvalue weighted by Crippen LogP contribution is -1.89. The molecule has 0 amide bonds. The Bertz CT molecular complexity index is 43.5. The fourth-order valence-corrected chi connectivity index (χ4v) is 0.335. The number of hydrogen-bond donors (Lipinski definition) is 1. The van der Waals surface area contributed by atoms with Crippen LogP contribution in [0.15, 0.2) is 0 Å². The molecule has 0 fully saturated rings. The van der Waals surface area contributed by atoms with Gasteiger partial charge in [-0.2, -0.15) is 12.6 Å². The number of thiol groups is 1. The van der Waals surface area contributed by atoms with E-state index in [1.807, 2.05) is 6.92 Å². The maximum atomic E-state index is 4.78. The van der Waals surface area contributed by atoms with Crippen molar-refractivity contribution < 1.29 is 0 Å². The van der Waals surface area contributed by atoms with E-state index in [0.717, 1.165) is 17.0 Å². The largest absolute Gasteiger partial charge is 0.174 e. The van der Waals surface area contributed by atoms with Gasteiger partial charge in [-0.1, -0.05) is 19.1 Å². The van der Waals surface area contributed by atoms with Crippen LogP contribution in [0.5, 0.6) is 0 Å². The van der Waals surface area contributed by atoms with Crippen LogP contribution >= 0.6 is 24.8 Å². The van der Waals surface area contributed by atoms with Crippen molar-refractivity contribution in [3.63, 3.8) is 0 Å². The average Bonchev–Trinajstić information content (AvgIpc) is 1.65. The second-order valence-electron chi connectivity index (χ2n) is 1.05.